The fourth-order valence-electron chi connectivity index (χ4n) is 3.21. The van der Waals surface area contributed by atoms with Gasteiger partial charge in [0.1, 0.15) is 11.9 Å². The van der Waals surface area contributed by atoms with Crippen molar-refractivity contribution < 1.29 is 18.3 Å². The fraction of sp³-hybridized carbons (Fsp3) is 0.714. The molecule has 7 nitrogen and oxygen atoms in total. The summed E-state index contributed by atoms with van der Waals surface area (Å²) in [6.07, 6.45) is 4.53. The van der Waals surface area contributed by atoms with Crippen molar-refractivity contribution in [1.29, 1.82) is 0 Å². The molecule has 122 valence electrons. The quantitative estimate of drug-likeness (QED) is 0.886. The Balaban J connectivity index is 1.97. The molecule has 2 fully saturated rings. The van der Waals surface area contributed by atoms with Gasteiger partial charge in [0.15, 0.2) is 9.84 Å². The van der Waals surface area contributed by atoms with Crippen LogP contribution in [0.15, 0.2) is 6.07 Å². The summed E-state index contributed by atoms with van der Waals surface area (Å²) in [5.41, 5.74) is 0.828. The summed E-state index contributed by atoms with van der Waals surface area (Å²) in [5, 5.41) is 13.3. The molecule has 0 amide bonds. The van der Waals surface area contributed by atoms with Crippen LogP contribution in [0.25, 0.3) is 0 Å². The molecule has 1 saturated heterocycles. The number of carboxylic acid groups (broad SMARTS) is 1. The highest BCUT2D eigenvalue weighted by Gasteiger charge is 2.43. The largest absolute Gasteiger partial charge is 0.480 e. The molecule has 8 heteroatoms. The van der Waals surface area contributed by atoms with Crippen LogP contribution in [0.4, 0.5) is 5.82 Å². The van der Waals surface area contributed by atoms with E-state index in [0.29, 0.717) is 6.04 Å². The lowest BCUT2D eigenvalue weighted by Crippen LogP contribution is -2.38. The molecular weight excluding hydrogens is 306 g/mol. The second-order valence-corrected chi connectivity index (χ2v) is 8.69. The molecule has 0 aromatic carbocycles. The highest BCUT2D eigenvalue weighted by Crippen LogP contribution is 2.37. The number of aryl methyl sites for hydroxylation is 1. The van der Waals surface area contributed by atoms with Gasteiger partial charge in [0.05, 0.1) is 17.0 Å². The Morgan fingerprint density at radius 3 is 2.59 bits per heavy atom. The van der Waals surface area contributed by atoms with Gasteiger partial charge in [0, 0.05) is 18.9 Å². The first kappa shape index (κ1) is 15.3. The first-order chi connectivity index (χ1) is 10.3. The molecule has 1 aliphatic carbocycles. The molecule has 2 heterocycles. The van der Waals surface area contributed by atoms with Gasteiger partial charge in [-0.1, -0.05) is 0 Å². The van der Waals surface area contributed by atoms with E-state index in [0.717, 1.165) is 30.8 Å². The first-order valence-corrected chi connectivity index (χ1v) is 9.47. The Morgan fingerprint density at radius 1 is 1.41 bits per heavy atom. The molecule has 22 heavy (non-hydrogen) atoms. The third kappa shape index (κ3) is 2.60. The zero-order valence-corrected chi connectivity index (χ0v) is 13.6. The second kappa shape index (κ2) is 5.26. The van der Waals surface area contributed by atoms with Crippen molar-refractivity contribution >= 4 is 21.6 Å². The minimum atomic E-state index is -3.26. The van der Waals surface area contributed by atoms with Crippen molar-refractivity contribution in [3.8, 4) is 0 Å². The maximum absolute atomic E-state index is 11.8. The number of carbonyl (C=O) groups is 1. The van der Waals surface area contributed by atoms with E-state index in [4.69, 9.17) is 0 Å². The number of hydrogen-bond donors (Lipinski definition) is 1. The zero-order valence-electron chi connectivity index (χ0n) is 12.8. The van der Waals surface area contributed by atoms with Gasteiger partial charge in [-0.2, -0.15) is 5.10 Å². The number of rotatable bonds is 4. The van der Waals surface area contributed by atoms with Gasteiger partial charge >= 0.3 is 5.97 Å². The smallest absolute Gasteiger partial charge is 0.326 e. The van der Waals surface area contributed by atoms with Crippen molar-refractivity contribution in [1.82, 2.24) is 9.78 Å². The van der Waals surface area contributed by atoms with Gasteiger partial charge in [-0.25, -0.2) is 17.9 Å². The highest BCUT2D eigenvalue weighted by atomic mass is 32.2. The summed E-state index contributed by atoms with van der Waals surface area (Å²) in [5.74, 6) is -0.245. The van der Waals surface area contributed by atoms with E-state index in [2.05, 4.69) is 5.10 Å². The number of sulfone groups is 1. The molecule has 1 aromatic rings. The lowest BCUT2D eigenvalue weighted by molar-refractivity contribution is -0.138. The van der Waals surface area contributed by atoms with Gasteiger partial charge in [0.2, 0.25) is 0 Å². The van der Waals surface area contributed by atoms with Crippen LogP contribution < -0.4 is 4.90 Å². The summed E-state index contributed by atoms with van der Waals surface area (Å²) in [7, 11) is -3.26. The van der Waals surface area contributed by atoms with Crippen LogP contribution in [0.5, 0.6) is 0 Å². The predicted molar refractivity (Wildman–Crippen MR) is 81.9 cm³/mol. The summed E-state index contributed by atoms with van der Waals surface area (Å²) in [6, 6.07) is 1.35. The molecule has 0 bridgehead atoms. The number of carboxylic acids is 1. The highest BCUT2D eigenvalue weighted by molar-refractivity contribution is 7.91. The Labute approximate surface area is 129 Å². The van der Waals surface area contributed by atoms with Gasteiger partial charge in [-0.3, -0.25) is 0 Å². The molecule has 0 radical (unpaired) electrons. The summed E-state index contributed by atoms with van der Waals surface area (Å²) >= 11 is 0. The van der Waals surface area contributed by atoms with Crippen molar-refractivity contribution in [2.24, 2.45) is 0 Å². The lowest BCUT2D eigenvalue weighted by Gasteiger charge is -2.31. The average Bonchev–Trinajstić information content (AvgIpc) is 2.89. The van der Waals surface area contributed by atoms with Crippen molar-refractivity contribution in [2.75, 3.05) is 17.7 Å². The molecule has 0 spiro atoms. The Hall–Kier alpha value is -1.57. The standard InChI is InChI=1S/C14H21N3O4S/c1-9-6-13(17(15-9)10-4-3-5-10)16-8-11(22(2,20)21)7-12(16)14(18)19/h6,10-12H,3-5,7-8H2,1-2H3,(H,18,19)/t11-,12+/m1/s1. The second-order valence-electron chi connectivity index (χ2n) is 6.37. The fourth-order valence-corrected chi connectivity index (χ4v) is 4.18. The monoisotopic (exact) mass is 327 g/mol. The van der Waals surface area contributed by atoms with Gasteiger partial charge in [-0.15, -0.1) is 0 Å². The zero-order chi connectivity index (χ0) is 16.1. The van der Waals surface area contributed by atoms with Crippen LogP contribution in [0, 0.1) is 6.92 Å². The molecule has 0 unspecified atom stereocenters. The van der Waals surface area contributed by atoms with Crippen LogP contribution >= 0.6 is 0 Å². The van der Waals surface area contributed by atoms with Gasteiger partial charge in [0.25, 0.3) is 0 Å². The van der Waals surface area contributed by atoms with Crippen molar-refractivity contribution in [3.63, 3.8) is 0 Å². The van der Waals surface area contributed by atoms with E-state index < -0.39 is 27.1 Å². The molecule has 1 N–H and O–H groups in total. The van der Waals surface area contributed by atoms with Crippen LogP contribution in [-0.4, -0.2) is 53.4 Å². The molecule has 1 aliphatic heterocycles. The average molecular weight is 327 g/mol. The van der Waals surface area contributed by atoms with Gasteiger partial charge in [-0.05, 0) is 32.6 Å². The minimum absolute atomic E-state index is 0.128. The maximum Gasteiger partial charge on any atom is 0.326 e. The number of anilines is 1. The van der Waals surface area contributed by atoms with E-state index in [1.54, 1.807) is 4.90 Å². The van der Waals surface area contributed by atoms with Crippen molar-refractivity contribution in [3.05, 3.63) is 11.8 Å². The summed E-state index contributed by atoms with van der Waals surface area (Å²) in [6.45, 7) is 2.09. The minimum Gasteiger partial charge on any atom is -0.480 e. The van der Waals surface area contributed by atoms with E-state index in [9.17, 15) is 18.3 Å². The SMILES string of the molecule is Cc1cc(N2C[C@H](S(C)(=O)=O)C[C@H]2C(=O)O)n(C2CCC2)n1. The normalized spacial score (nSPS) is 26.2. The first-order valence-electron chi connectivity index (χ1n) is 7.52. The summed E-state index contributed by atoms with van der Waals surface area (Å²) in [4.78, 5) is 13.3. The van der Waals surface area contributed by atoms with Crippen LogP contribution in [0.1, 0.15) is 37.4 Å². The van der Waals surface area contributed by atoms with Crippen LogP contribution in [0.3, 0.4) is 0 Å². The maximum atomic E-state index is 11.8. The Bertz CT molecular complexity index is 693. The Kier molecular flexibility index (Phi) is 3.66. The molecule has 1 saturated carbocycles. The summed E-state index contributed by atoms with van der Waals surface area (Å²) < 4.78 is 25.5. The predicted octanol–water partition coefficient (Wildman–Crippen LogP) is 0.993. The van der Waals surface area contributed by atoms with E-state index >= 15 is 0 Å². The van der Waals surface area contributed by atoms with Crippen molar-refractivity contribution in [2.45, 2.75) is 49.9 Å². The molecule has 2 aliphatic rings. The van der Waals surface area contributed by atoms with E-state index in [1.165, 1.54) is 6.26 Å². The number of aliphatic carboxylic acids is 1. The topological polar surface area (TPSA) is 92.5 Å². The third-order valence-electron chi connectivity index (χ3n) is 4.71. The molecule has 2 atom stereocenters. The number of nitrogens with zero attached hydrogens (tertiary/aromatic N) is 3. The van der Waals surface area contributed by atoms with Crippen LogP contribution in [0.2, 0.25) is 0 Å². The lowest BCUT2D eigenvalue weighted by atomic mass is 9.93. The molecule has 3 rings (SSSR count). The van der Waals surface area contributed by atoms with E-state index in [-0.39, 0.29) is 13.0 Å². The third-order valence-corrected chi connectivity index (χ3v) is 6.26. The number of hydrogen-bond acceptors (Lipinski definition) is 5. The van der Waals surface area contributed by atoms with E-state index in [1.807, 2.05) is 17.7 Å². The molecular formula is C14H21N3O4S. The van der Waals surface area contributed by atoms with Crippen LogP contribution in [-0.2, 0) is 14.6 Å². The Morgan fingerprint density at radius 2 is 2.09 bits per heavy atom. The van der Waals surface area contributed by atoms with Gasteiger partial charge < -0.3 is 10.0 Å². The molecule has 1 aromatic heterocycles. The number of aromatic nitrogens is 2.